The van der Waals surface area contributed by atoms with Crippen LogP contribution < -0.4 is 15.0 Å². The van der Waals surface area contributed by atoms with Crippen LogP contribution in [-0.4, -0.2) is 22.8 Å². The van der Waals surface area contributed by atoms with Crippen molar-refractivity contribution >= 4 is 34.0 Å². The van der Waals surface area contributed by atoms with Crippen LogP contribution in [0.4, 0.5) is 0 Å². The van der Waals surface area contributed by atoms with Crippen LogP contribution in [0.1, 0.15) is 11.6 Å². The van der Waals surface area contributed by atoms with Gasteiger partial charge < -0.3 is 9.47 Å². The van der Waals surface area contributed by atoms with Gasteiger partial charge in [-0.1, -0.05) is 54.1 Å². The molecule has 5 nitrogen and oxygen atoms in total. The van der Waals surface area contributed by atoms with Crippen LogP contribution in [0.15, 0.2) is 77.7 Å². The summed E-state index contributed by atoms with van der Waals surface area (Å²) in [4.78, 5) is 13.2. The highest BCUT2D eigenvalue weighted by molar-refractivity contribution is 6.31. The normalized spacial score (nSPS) is 12.0. The Bertz CT molecular complexity index is 1230. The van der Waals surface area contributed by atoms with E-state index in [4.69, 9.17) is 32.7 Å². The summed E-state index contributed by atoms with van der Waals surface area (Å²) in [6.45, 7) is 0. The Morgan fingerprint density at radius 1 is 1.00 bits per heavy atom. The standard InChI is InChI=1S/C23H18Cl2N2O3/c1-29-16-9-11-17(12-10-16)30-22-20(25)14-26-27(23(22)28)21(13-24)19-8-4-6-15-5-2-3-7-18(15)19/h2-12,14,21H,13H2,1H3. The van der Waals surface area contributed by atoms with E-state index in [-0.39, 0.29) is 16.7 Å². The summed E-state index contributed by atoms with van der Waals surface area (Å²) < 4.78 is 12.3. The molecule has 0 aliphatic carbocycles. The molecular formula is C23H18Cl2N2O3. The minimum Gasteiger partial charge on any atom is -0.497 e. The van der Waals surface area contributed by atoms with Crippen molar-refractivity contribution in [1.82, 2.24) is 9.78 Å². The van der Waals surface area contributed by atoms with Crippen molar-refractivity contribution in [2.45, 2.75) is 6.04 Å². The van der Waals surface area contributed by atoms with E-state index in [1.807, 2.05) is 42.5 Å². The molecule has 0 spiro atoms. The molecule has 1 atom stereocenters. The smallest absolute Gasteiger partial charge is 0.311 e. The molecule has 0 fully saturated rings. The maximum atomic E-state index is 13.2. The zero-order valence-electron chi connectivity index (χ0n) is 16.1. The molecule has 0 aliphatic heterocycles. The maximum absolute atomic E-state index is 13.2. The number of aromatic nitrogens is 2. The minimum atomic E-state index is -0.485. The zero-order chi connectivity index (χ0) is 21.1. The topological polar surface area (TPSA) is 53.4 Å². The Kier molecular flexibility index (Phi) is 5.93. The molecule has 0 bridgehead atoms. The molecular weight excluding hydrogens is 423 g/mol. The molecule has 0 aliphatic rings. The molecule has 30 heavy (non-hydrogen) atoms. The van der Waals surface area contributed by atoms with Crippen molar-refractivity contribution in [3.05, 3.63) is 93.9 Å². The lowest BCUT2D eigenvalue weighted by Gasteiger charge is -2.19. The van der Waals surface area contributed by atoms with Gasteiger partial charge in [0.05, 0.1) is 19.3 Å². The van der Waals surface area contributed by atoms with Crippen LogP contribution in [0.25, 0.3) is 10.8 Å². The highest BCUT2D eigenvalue weighted by atomic mass is 35.5. The number of fused-ring (bicyclic) bond motifs is 1. The van der Waals surface area contributed by atoms with Crippen LogP contribution >= 0.6 is 23.2 Å². The van der Waals surface area contributed by atoms with Crippen molar-refractivity contribution in [2.24, 2.45) is 0 Å². The average Bonchev–Trinajstić information content (AvgIpc) is 2.79. The molecule has 1 unspecified atom stereocenters. The van der Waals surface area contributed by atoms with Crippen LogP contribution in [-0.2, 0) is 0 Å². The van der Waals surface area contributed by atoms with Gasteiger partial charge >= 0.3 is 5.56 Å². The van der Waals surface area contributed by atoms with E-state index in [0.29, 0.717) is 11.5 Å². The second kappa shape index (κ2) is 8.78. The van der Waals surface area contributed by atoms with Crippen molar-refractivity contribution < 1.29 is 9.47 Å². The van der Waals surface area contributed by atoms with Gasteiger partial charge in [-0.3, -0.25) is 4.79 Å². The van der Waals surface area contributed by atoms with E-state index in [9.17, 15) is 4.79 Å². The van der Waals surface area contributed by atoms with Gasteiger partial charge in [0.15, 0.2) is 0 Å². The van der Waals surface area contributed by atoms with E-state index in [2.05, 4.69) is 5.10 Å². The number of halogens is 2. The number of ether oxygens (including phenoxy) is 2. The maximum Gasteiger partial charge on any atom is 0.311 e. The van der Waals surface area contributed by atoms with E-state index in [1.54, 1.807) is 31.4 Å². The van der Waals surface area contributed by atoms with Gasteiger partial charge in [0.1, 0.15) is 16.5 Å². The first-order valence-electron chi connectivity index (χ1n) is 9.25. The molecule has 0 amide bonds. The Labute approximate surface area is 183 Å². The van der Waals surface area contributed by atoms with Gasteiger partial charge in [-0.05, 0) is 40.6 Å². The van der Waals surface area contributed by atoms with Gasteiger partial charge in [-0.15, -0.1) is 11.6 Å². The highest BCUT2D eigenvalue weighted by Gasteiger charge is 2.22. The van der Waals surface area contributed by atoms with Gasteiger partial charge in [-0.25, -0.2) is 4.68 Å². The number of benzene rings is 3. The predicted octanol–water partition coefficient (Wildman–Crippen LogP) is 5.68. The molecule has 0 N–H and O–H groups in total. The third-order valence-electron chi connectivity index (χ3n) is 4.82. The molecule has 3 aromatic carbocycles. The van der Waals surface area contributed by atoms with Crippen LogP contribution in [0.3, 0.4) is 0 Å². The van der Waals surface area contributed by atoms with E-state index in [1.165, 1.54) is 10.9 Å². The quantitative estimate of drug-likeness (QED) is 0.362. The number of hydrogen-bond donors (Lipinski definition) is 0. The Morgan fingerprint density at radius 3 is 2.43 bits per heavy atom. The number of hydrogen-bond acceptors (Lipinski definition) is 4. The largest absolute Gasteiger partial charge is 0.497 e. The lowest BCUT2D eigenvalue weighted by atomic mass is 10.00. The number of alkyl halides is 1. The zero-order valence-corrected chi connectivity index (χ0v) is 17.6. The fourth-order valence-corrected chi connectivity index (χ4v) is 3.79. The molecule has 152 valence electrons. The van der Waals surface area contributed by atoms with Gasteiger partial charge in [-0.2, -0.15) is 5.10 Å². The van der Waals surface area contributed by atoms with E-state index in [0.717, 1.165) is 16.3 Å². The first-order valence-corrected chi connectivity index (χ1v) is 10.2. The third kappa shape index (κ3) is 3.86. The molecule has 0 saturated carbocycles. The first-order chi connectivity index (χ1) is 14.6. The summed E-state index contributed by atoms with van der Waals surface area (Å²) >= 11 is 12.5. The van der Waals surface area contributed by atoms with Crippen LogP contribution in [0, 0.1) is 0 Å². The number of methoxy groups -OCH3 is 1. The highest BCUT2D eigenvalue weighted by Crippen LogP contribution is 2.30. The molecule has 0 saturated heterocycles. The van der Waals surface area contributed by atoms with Crippen LogP contribution in [0.5, 0.6) is 17.2 Å². The van der Waals surface area contributed by atoms with Crippen molar-refractivity contribution in [1.29, 1.82) is 0 Å². The Balaban J connectivity index is 1.78. The fourth-order valence-electron chi connectivity index (χ4n) is 3.33. The summed E-state index contributed by atoms with van der Waals surface area (Å²) in [6.07, 6.45) is 1.40. The molecule has 7 heteroatoms. The molecule has 4 aromatic rings. The van der Waals surface area contributed by atoms with E-state index >= 15 is 0 Å². The molecule has 4 rings (SSSR count). The molecule has 1 aromatic heterocycles. The van der Waals surface area contributed by atoms with Gasteiger partial charge in [0, 0.05) is 5.88 Å². The molecule has 1 heterocycles. The van der Waals surface area contributed by atoms with Crippen molar-refractivity contribution in [3.8, 4) is 17.2 Å². The lowest BCUT2D eigenvalue weighted by Crippen LogP contribution is -2.29. The van der Waals surface area contributed by atoms with Crippen molar-refractivity contribution in [3.63, 3.8) is 0 Å². The first kappa shape index (κ1) is 20.3. The number of nitrogens with zero attached hydrogens (tertiary/aromatic N) is 2. The van der Waals surface area contributed by atoms with Crippen LogP contribution in [0.2, 0.25) is 5.02 Å². The van der Waals surface area contributed by atoms with Gasteiger partial charge in [0.25, 0.3) is 0 Å². The fraction of sp³-hybridized carbons (Fsp3) is 0.130. The van der Waals surface area contributed by atoms with Crippen molar-refractivity contribution in [2.75, 3.05) is 13.0 Å². The number of rotatable bonds is 6. The summed E-state index contributed by atoms with van der Waals surface area (Å²) in [5.41, 5.74) is 0.437. The molecule has 0 radical (unpaired) electrons. The summed E-state index contributed by atoms with van der Waals surface area (Å²) in [5, 5.41) is 6.44. The summed E-state index contributed by atoms with van der Waals surface area (Å²) in [6, 6.07) is 20.2. The minimum absolute atomic E-state index is 0.00723. The van der Waals surface area contributed by atoms with E-state index < -0.39 is 11.6 Å². The second-order valence-electron chi connectivity index (χ2n) is 6.59. The third-order valence-corrected chi connectivity index (χ3v) is 5.38. The second-order valence-corrected chi connectivity index (χ2v) is 7.30. The predicted molar refractivity (Wildman–Crippen MR) is 119 cm³/mol. The lowest BCUT2D eigenvalue weighted by molar-refractivity contribution is 0.411. The summed E-state index contributed by atoms with van der Waals surface area (Å²) in [7, 11) is 1.58. The Morgan fingerprint density at radius 2 is 1.70 bits per heavy atom. The Hall–Kier alpha value is -3.02. The summed E-state index contributed by atoms with van der Waals surface area (Å²) in [5.74, 6) is 1.29. The SMILES string of the molecule is COc1ccc(Oc2c(Cl)cnn(C(CCl)c3cccc4ccccc34)c2=O)cc1. The van der Waals surface area contributed by atoms with Gasteiger partial charge in [0.2, 0.25) is 5.75 Å². The average molecular weight is 441 g/mol. The monoisotopic (exact) mass is 440 g/mol.